The Morgan fingerprint density at radius 2 is 2.25 bits per heavy atom. The summed E-state index contributed by atoms with van der Waals surface area (Å²) in [5.74, 6) is 0.848. The maximum absolute atomic E-state index is 10.4. The van der Waals surface area contributed by atoms with Crippen LogP contribution in [0.25, 0.3) is 0 Å². The second-order valence-electron chi connectivity index (χ2n) is 3.37. The van der Waals surface area contributed by atoms with E-state index < -0.39 is 5.97 Å². The van der Waals surface area contributed by atoms with E-state index in [1.54, 1.807) is 6.26 Å². The van der Waals surface area contributed by atoms with Crippen LogP contribution in [0, 0.1) is 0 Å². The zero-order chi connectivity index (χ0) is 11.4. The van der Waals surface area contributed by atoms with Gasteiger partial charge in [0.1, 0.15) is 17.9 Å². The lowest BCUT2D eigenvalue weighted by Gasteiger charge is -1.93. The van der Waals surface area contributed by atoms with Gasteiger partial charge in [0.05, 0.1) is 12.5 Å². The molecular formula is C11H11NO4. The number of carboxylic acids is 1. The quantitative estimate of drug-likeness (QED) is 0.831. The number of hydrogen-bond acceptors (Lipinski definition) is 4. The average Bonchev–Trinajstić information content (AvgIpc) is 2.84. The minimum Gasteiger partial charge on any atom is -0.481 e. The Balaban J connectivity index is 1.90. The van der Waals surface area contributed by atoms with Gasteiger partial charge < -0.3 is 13.9 Å². The van der Waals surface area contributed by atoms with Gasteiger partial charge in [-0.15, -0.1) is 0 Å². The van der Waals surface area contributed by atoms with Gasteiger partial charge in [-0.25, -0.2) is 4.98 Å². The van der Waals surface area contributed by atoms with Crippen LogP contribution < -0.4 is 0 Å². The first-order valence-electron chi connectivity index (χ1n) is 4.92. The van der Waals surface area contributed by atoms with Gasteiger partial charge in [-0.2, -0.15) is 0 Å². The van der Waals surface area contributed by atoms with E-state index in [1.165, 1.54) is 6.20 Å². The van der Waals surface area contributed by atoms with E-state index in [2.05, 4.69) is 4.98 Å². The molecule has 2 aromatic rings. The molecule has 0 spiro atoms. The van der Waals surface area contributed by atoms with Gasteiger partial charge in [-0.3, -0.25) is 4.79 Å². The summed E-state index contributed by atoms with van der Waals surface area (Å²) < 4.78 is 10.4. The molecule has 2 heterocycles. The van der Waals surface area contributed by atoms with E-state index in [9.17, 15) is 4.79 Å². The Bertz CT molecular complexity index is 458. The predicted octanol–water partition coefficient (Wildman–Crippen LogP) is 1.68. The van der Waals surface area contributed by atoms with Crippen LogP contribution in [0.4, 0.5) is 0 Å². The fraction of sp³-hybridized carbons (Fsp3) is 0.273. The number of carbonyl (C=O) groups is 1. The molecule has 0 aliphatic rings. The van der Waals surface area contributed by atoms with E-state index >= 15 is 0 Å². The van der Waals surface area contributed by atoms with Crippen molar-refractivity contribution in [2.24, 2.45) is 0 Å². The Labute approximate surface area is 91.7 Å². The summed E-state index contributed by atoms with van der Waals surface area (Å²) in [7, 11) is 0. The molecule has 84 valence electrons. The molecule has 0 aliphatic carbocycles. The van der Waals surface area contributed by atoms with Crippen LogP contribution in [-0.4, -0.2) is 16.1 Å². The molecule has 0 saturated carbocycles. The minimum absolute atomic E-state index is 0.131. The average molecular weight is 221 g/mol. The van der Waals surface area contributed by atoms with E-state index in [0.717, 1.165) is 5.76 Å². The molecule has 0 fully saturated rings. The van der Waals surface area contributed by atoms with E-state index in [1.807, 2.05) is 12.1 Å². The second kappa shape index (κ2) is 4.65. The lowest BCUT2D eigenvalue weighted by atomic mass is 10.2. The molecule has 5 heteroatoms. The SMILES string of the molecule is O=C(O)Cc1cnc(CCc2ccco2)o1. The van der Waals surface area contributed by atoms with Crippen molar-refractivity contribution in [2.45, 2.75) is 19.3 Å². The molecule has 0 bridgehead atoms. The smallest absolute Gasteiger partial charge is 0.311 e. The molecule has 0 atom stereocenters. The summed E-state index contributed by atoms with van der Waals surface area (Å²) in [5, 5.41) is 8.55. The normalized spacial score (nSPS) is 10.5. The largest absolute Gasteiger partial charge is 0.481 e. The third-order valence-electron chi connectivity index (χ3n) is 2.09. The molecule has 0 amide bonds. The number of furan rings is 1. The zero-order valence-electron chi connectivity index (χ0n) is 8.55. The predicted molar refractivity (Wildman–Crippen MR) is 54.0 cm³/mol. The summed E-state index contributed by atoms with van der Waals surface area (Å²) in [6.45, 7) is 0. The molecule has 0 aromatic carbocycles. The summed E-state index contributed by atoms with van der Waals surface area (Å²) in [4.78, 5) is 14.4. The van der Waals surface area contributed by atoms with Gasteiger partial charge in [-0.05, 0) is 12.1 Å². The van der Waals surface area contributed by atoms with E-state index in [-0.39, 0.29) is 6.42 Å². The highest BCUT2D eigenvalue weighted by Gasteiger charge is 2.08. The second-order valence-corrected chi connectivity index (χ2v) is 3.37. The first-order valence-corrected chi connectivity index (χ1v) is 4.92. The van der Waals surface area contributed by atoms with Gasteiger partial charge in [0.2, 0.25) is 0 Å². The van der Waals surface area contributed by atoms with Crippen molar-refractivity contribution in [3.05, 3.63) is 42.0 Å². The molecule has 2 aromatic heterocycles. The van der Waals surface area contributed by atoms with Crippen LogP contribution in [0.15, 0.2) is 33.4 Å². The summed E-state index contributed by atoms with van der Waals surface area (Å²) >= 11 is 0. The molecule has 16 heavy (non-hydrogen) atoms. The summed E-state index contributed by atoms with van der Waals surface area (Å²) in [5.41, 5.74) is 0. The third-order valence-corrected chi connectivity index (χ3v) is 2.09. The van der Waals surface area contributed by atoms with Crippen molar-refractivity contribution >= 4 is 5.97 Å². The third kappa shape index (κ3) is 2.73. The number of aryl methyl sites for hydroxylation is 2. The van der Waals surface area contributed by atoms with Crippen molar-refractivity contribution in [3.63, 3.8) is 0 Å². The Morgan fingerprint density at radius 1 is 1.38 bits per heavy atom. The van der Waals surface area contributed by atoms with E-state index in [4.69, 9.17) is 13.9 Å². The van der Waals surface area contributed by atoms with Gasteiger partial charge in [0.15, 0.2) is 5.89 Å². The first-order chi connectivity index (χ1) is 7.74. The molecule has 1 N–H and O–H groups in total. The first kappa shape index (κ1) is 10.5. The fourth-order valence-corrected chi connectivity index (χ4v) is 1.38. The van der Waals surface area contributed by atoms with Crippen LogP contribution in [0.2, 0.25) is 0 Å². The lowest BCUT2D eigenvalue weighted by Crippen LogP contribution is -1.98. The van der Waals surface area contributed by atoms with Gasteiger partial charge in [0, 0.05) is 12.8 Å². The number of hydrogen-bond donors (Lipinski definition) is 1. The number of nitrogens with zero attached hydrogens (tertiary/aromatic N) is 1. The molecule has 0 unspecified atom stereocenters. The molecule has 5 nitrogen and oxygen atoms in total. The van der Waals surface area contributed by atoms with Crippen molar-refractivity contribution in [2.75, 3.05) is 0 Å². The summed E-state index contributed by atoms with van der Waals surface area (Å²) in [6, 6.07) is 3.70. The topological polar surface area (TPSA) is 76.5 Å². The molecule has 2 rings (SSSR count). The van der Waals surface area contributed by atoms with Crippen molar-refractivity contribution < 1.29 is 18.7 Å². The molecule has 0 radical (unpaired) electrons. The highest BCUT2D eigenvalue weighted by Crippen LogP contribution is 2.09. The zero-order valence-corrected chi connectivity index (χ0v) is 8.55. The van der Waals surface area contributed by atoms with Crippen molar-refractivity contribution in [1.29, 1.82) is 0 Å². The highest BCUT2D eigenvalue weighted by molar-refractivity contribution is 5.69. The van der Waals surface area contributed by atoms with E-state index in [0.29, 0.717) is 24.5 Å². The van der Waals surface area contributed by atoms with Crippen LogP contribution in [-0.2, 0) is 24.1 Å². The number of carboxylic acid groups (broad SMARTS) is 1. The number of rotatable bonds is 5. The van der Waals surface area contributed by atoms with Crippen molar-refractivity contribution in [1.82, 2.24) is 4.98 Å². The van der Waals surface area contributed by atoms with Crippen LogP contribution in [0.5, 0.6) is 0 Å². The van der Waals surface area contributed by atoms with Crippen LogP contribution >= 0.6 is 0 Å². The maximum Gasteiger partial charge on any atom is 0.311 e. The minimum atomic E-state index is -0.922. The Kier molecular flexibility index (Phi) is 3.05. The van der Waals surface area contributed by atoms with Crippen molar-refractivity contribution in [3.8, 4) is 0 Å². The molecular weight excluding hydrogens is 210 g/mol. The monoisotopic (exact) mass is 221 g/mol. The Hall–Kier alpha value is -2.04. The summed E-state index contributed by atoms with van der Waals surface area (Å²) in [6.07, 6.45) is 4.23. The van der Waals surface area contributed by atoms with Gasteiger partial charge >= 0.3 is 5.97 Å². The standard InChI is InChI=1S/C11H11NO4/c13-11(14)6-9-7-12-10(16-9)4-3-8-2-1-5-15-8/h1-2,5,7H,3-4,6H2,(H,13,14). The lowest BCUT2D eigenvalue weighted by molar-refractivity contribution is -0.136. The molecule has 0 aliphatic heterocycles. The van der Waals surface area contributed by atoms with Crippen LogP contribution in [0.3, 0.4) is 0 Å². The number of aliphatic carboxylic acids is 1. The van der Waals surface area contributed by atoms with Gasteiger partial charge in [-0.1, -0.05) is 0 Å². The fourth-order valence-electron chi connectivity index (χ4n) is 1.38. The maximum atomic E-state index is 10.4. The van der Waals surface area contributed by atoms with Crippen LogP contribution in [0.1, 0.15) is 17.4 Å². The number of oxazole rings is 1. The number of aromatic nitrogens is 1. The highest BCUT2D eigenvalue weighted by atomic mass is 16.4. The molecule has 0 saturated heterocycles. The Morgan fingerprint density at radius 3 is 2.94 bits per heavy atom. The van der Waals surface area contributed by atoms with Gasteiger partial charge in [0.25, 0.3) is 0 Å².